The molecule has 0 bridgehead atoms. The van der Waals surface area contributed by atoms with Crippen LogP contribution in [0.2, 0.25) is 0 Å². The fraction of sp³-hybridized carbons (Fsp3) is 0.462. The molecule has 100 valence electrons. The predicted octanol–water partition coefficient (Wildman–Crippen LogP) is 2.31. The Morgan fingerprint density at radius 3 is 2.78 bits per heavy atom. The van der Waals surface area contributed by atoms with Crippen LogP contribution in [0.3, 0.4) is 0 Å². The first-order valence-electron chi connectivity index (χ1n) is 6.07. The molecular weight excluding hydrogens is 246 g/mol. The fourth-order valence-corrected chi connectivity index (χ4v) is 2.15. The van der Waals surface area contributed by atoms with Gasteiger partial charge in [-0.3, -0.25) is 4.79 Å². The van der Waals surface area contributed by atoms with E-state index in [1.54, 1.807) is 12.1 Å². The predicted molar refractivity (Wildman–Crippen MR) is 80.1 cm³/mol. The average Bonchev–Trinajstić information content (AvgIpc) is 2.35. The number of primary amides is 1. The third kappa shape index (κ3) is 4.87. The van der Waals surface area contributed by atoms with Crippen LogP contribution in [0.15, 0.2) is 18.2 Å². The van der Waals surface area contributed by atoms with Gasteiger partial charge < -0.3 is 16.8 Å². The molecule has 0 saturated carbocycles. The third-order valence-electron chi connectivity index (χ3n) is 2.67. The summed E-state index contributed by atoms with van der Waals surface area (Å²) < 4.78 is 0. The van der Waals surface area contributed by atoms with Gasteiger partial charge in [-0.1, -0.05) is 6.42 Å². The molecule has 0 radical (unpaired) electrons. The summed E-state index contributed by atoms with van der Waals surface area (Å²) in [5.74, 6) is 0.726. The maximum atomic E-state index is 11.1. The zero-order valence-electron chi connectivity index (χ0n) is 10.7. The van der Waals surface area contributed by atoms with E-state index < -0.39 is 5.91 Å². The summed E-state index contributed by atoms with van der Waals surface area (Å²) in [7, 11) is 0. The van der Waals surface area contributed by atoms with Crippen LogP contribution in [0.1, 0.15) is 29.6 Å². The highest BCUT2D eigenvalue weighted by molar-refractivity contribution is 7.98. The van der Waals surface area contributed by atoms with Crippen molar-refractivity contribution >= 4 is 29.0 Å². The normalized spacial score (nSPS) is 10.3. The second-order valence-corrected chi connectivity index (χ2v) is 5.13. The Morgan fingerprint density at radius 2 is 2.11 bits per heavy atom. The highest BCUT2D eigenvalue weighted by Gasteiger charge is 2.06. The van der Waals surface area contributed by atoms with Crippen molar-refractivity contribution in [2.45, 2.75) is 19.3 Å². The number of carbonyl (C=O) groups is 1. The largest absolute Gasteiger partial charge is 0.398 e. The number of hydrogen-bond acceptors (Lipinski definition) is 4. The molecule has 0 aliphatic rings. The van der Waals surface area contributed by atoms with Crippen molar-refractivity contribution in [1.29, 1.82) is 0 Å². The van der Waals surface area contributed by atoms with Crippen LogP contribution >= 0.6 is 11.8 Å². The first-order valence-corrected chi connectivity index (χ1v) is 7.46. The summed E-state index contributed by atoms with van der Waals surface area (Å²) in [6.07, 6.45) is 5.71. The molecule has 1 amide bonds. The molecule has 1 aromatic carbocycles. The van der Waals surface area contributed by atoms with E-state index in [1.807, 2.05) is 17.8 Å². The second kappa shape index (κ2) is 7.87. The number of anilines is 2. The molecule has 0 atom stereocenters. The summed E-state index contributed by atoms with van der Waals surface area (Å²) in [6, 6.07) is 5.28. The summed E-state index contributed by atoms with van der Waals surface area (Å²) >= 11 is 1.88. The van der Waals surface area contributed by atoms with Gasteiger partial charge in [0.15, 0.2) is 0 Å². The molecule has 0 aliphatic heterocycles. The van der Waals surface area contributed by atoms with Crippen LogP contribution in [0.5, 0.6) is 0 Å². The number of benzene rings is 1. The number of carbonyl (C=O) groups excluding carboxylic acids is 1. The van der Waals surface area contributed by atoms with Crippen LogP contribution < -0.4 is 16.8 Å². The van der Waals surface area contributed by atoms with E-state index in [0.717, 1.165) is 18.7 Å². The van der Waals surface area contributed by atoms with Gasteiger partial charge in [0.25, 0.3) is 5.91 Å². The zero-order valence-corrected chi connectivity index (χ0v) is 11.6. The van der Waals surface area contributed by atoms with Crippen molar-refractivity contribution in [3.63, 3.8) is 0 Å². The Bertz CT molecular complexity index is 396. The molecule has 0 saturated heterocycles. The lowest BCUT2D eigenvalue weighted by Crippen LogP contribution is -2.14. The number of nitrogens with two attached hydrogens (primary N) is 2. The lowest BCUT2D eigenvalue weighted by atomic mass is 10.1. The van der Waals surface area contributed by atoms with Crippen LogP contribution in [0, 0.1) is 0 Å². The minimum Gasteiger partial charge on any atom is -0.398 e. The number of nitrogen functional groups attached to an aromatic ring is 1. The number of unbranched alkanes of at least 4 members (excludes halogenated alkanes) is 2. The minimum absolute atomic E-state index is 0.377. The molecule has 1 aromatic rings. The Hall–Kier alpha value is -1.36. The van der Waals surface area contributed by atoms with E-state index >= 15 is 0 Å². The van der Waals surface area contributed by atoms with Gasteiger partial charge in [-0.25, -0.2) is 0 Å². The van der Waals surface area contributed by atoms with Gasteiger partial charge in [-0.2, -0.15) is 11.8 Å². The number of thioether (sulfide) groups is 1. The van der Waals surface area contributed by atoms with Crippen molar-refractivity contribution in [3.05, 3.63) is 23.8 Å². The number of nitrogens with one attached hydrogen (secondary N) is 1. The van der Waals surface area contributed by atoms with Crippen molar-refractivity contribution < 1.29 is 4.79 Å². The smallest absolute Gasteiger partial charge is 0.250 e. The van der Waals surface area contributed by atoms with Crippen molar-refractivity contribution in [2.24, 2.45) is 5.73 Å². The van der Waals surface area contributed by atoms with Gasteiger partial charge in [-0.15, -0.1) is 0 Å². The summed E-state index contributed by atoms with van der Waals surface area (Å²) in [5, 5.41) is 3.27. The number of rotatable bonds is 8. The lowest BCUT2D eigenvalue weighted by molar-refractivity contribution is 0.100. The van der Waals surface area contributed by atoms with Crippen molar-refractivity contribution in [1.82, 2.24) is 0 Å². The molecule has 0 unspecified atom stereocenters. The number of amides is 1. The van der Waals surface area contributed by atoms with Gasteiger partial charge in [0, 0.05) is 17.9 Å². The van der Waals surface area contributed by atoms with E-state index in [4.69, 9.17) is 11.5 Å². The summed E-state index contributed by atoms with van der Waals surface area (Å²) in [6.45, 7) is 0.899. The fourth-order valence-electron chi connectivity index (χ4n) is 1.66. The molecule has 0 aromatic heterocycles. The Labute approximate surface area is 113 Å². The Balaban J connectivity index is 2.38. The Morgan fingerprint density at radius 1 is 1.33 bits per heavy atom. The molecule has 0 aliphatic carbocycles. The maximum absolute atomic E-state index is 11.1. The van der Waals surface area contributed by atoms with Crippen LogP contribution in [0.25, 0.3) is 0 Å². The van der Waals surface area contributed by atoms with Gasteiger partial charge in [-0.05, 0) is 43.0 Å². The van der Waals surface area contributed by atoms with Gasteiger partial charge in [0.1, 0.15) is 0 Å². The Kier molecular flexibility index (Phi) is 6.43. The van der Waals surface area contributed by atoms with Crippen LogP contribution in [-0.4, -0.2) is 24.5 Å². The third-order valence-corrected chi connectivity index (χ3v) is 3.37. The van der Waals surface area contributed by atoms with Crippen molar-refractivity contribution in [3.8, 4) is 0 Å². The highest BCUT2D eigenvalue weighted by Crippen LogP contribution is 2.17. The van der Waals surface area contributed by atoms with Crippen LogP contribution in [-0.2, 0) is 0 Å². The summed E-state index contributed by atoms with van der Waals surface area (Å²) in [5.41, 5.74) is 12.6. The van der Waals surface area contributed by atoms with E-state index in [-0.39, 0.29) is 0 Å². The van der Waals surface area contributed by atoms with Gasteiger partial charge >= 0.3 is 0 Å². The molecular formula is C13H21N3OS. The number of hydrogen-bond donors (Lipinski definition) is 3. The molecule has 18 heavy (non-hydrogen) atoms. The van der Waals surface area contributed by atoms with Crippen LogP contribution in [0.4, 0.5) is 11.4 Å². The van der Waals surface area contributed by atoms with E-state index in [2.05, 4.69) is 11.6 Å². The molecule has 1 rings (SSSR count). The minimum atomic E-state index is -0.490. The van der Waals surface area contributed by atoms with Crippen molar-refractivity contribution in [2.75, 3.05) is 29.6 Å². The summed E-state index contributed by atoms with van der Waals surface area (Å²) in [4.78, 5) is 11.1. The molecule has 0 fully saturated rings. The molecule has 0 heterocycles. The SMILES string of the molecule is CSCCCCCNc1ccc(N)c(C(N)=O)c1. The topological polar surface area (TPSA) is 81.1 Å². The first-order chi connectivity index (χ1) is 8.65. The molecule has 5 heteroatoms. The highest BCUT2D eigenvalue weighted by atomic mass is 32.2. The lowest BCUT2D eigenvalue weighted by Gasteiger charge is -2.09. The monoisotopic (exact) mass is 267 g/mol. The quantitative estimate of drug-likeness (QED) is 0.499. The molecule has 5 N–H and O–H groups in total. The van der Waals surface area contributed by atoms with E-state index in [1.165, 1.54) is 18.6 Å². The average molecular weight is 267 g/mol. The standard InChI is InChI=1S/C13H21N3OS/c1-18-8-4-2-3-7-16-10-5-6-12(14)11(9-10)13(15)17/h5-6,9,16H,2-4,7-8,14H2,1H3,(H2,15,17). The molecule has 4 nitrogen and oxygen atoms in total. The maximum Gasteiger partial charge on any atom is 0.250 e. The van der Waals surface area contributed by atoms with Gasteiger partial charge in [0.2, 0.25) is 0 Å². The van der Waals surface area contributed by atoms with E-state index in [9.17, 15) is 4.79 Å². The second-order valence-electron chi connectivity index (χ2n) is 4.15. The zero-order chi connectivity index (χ0) is 13.4. The van der Waals surface area contributed by atoms with Gasteiger partial charge in [0.05, 0.1) is 5.56 Å². The van der Waals surface area contributed by atoms with E-state index in [0.29, 0.717) is 11.3 Å². The molecule has 0 spiro atoms. The first kappa shape index (κ1) is 14.7.